The molecule has 0 spiro atoms. The maximum atomic E-state index is 12.8. The Bertz CT molecular complexity index is 653. The molecule has 0 radical (unpaired) electrons. The molecule has 2 rings (SSSR count). The van der Waals surface area contributed by atoms with E-state index in [0.717, 1.165) is 6.42 Å². The number of likely N-dealkylation sites (tertiary alicyclic amines) is 1. The lowest BCUT2D eigenvalue weighted by Gasteiger charge is -2.31. The van der Waals surface area contributed by atoms with Gasteiger partial charge in [0, 0.05) is 13.6 Å². The number of aliphatic hydroxyl groups is 1. The molecule has 2 atom stereocenters. The molecule has 0 bridgehead atoms. The van der Waals surface area contributed by atoms with Gasteiger partial charge in [0.25, 0.3) is 0 Å². The number of nitrogens with zero attached hydrogens (tertiary/aromatic N) is 2. The molecule has 1 fully saturated rings. The first kappa shape index (κ1) is 21.0. The Morgan fingerprint density at radius 2 is 1.93 bits per heavy atom. The van der Waals surface area contributed by atoms with Crippen molar-refractivity contribution < 1.29 is 24.2 Å². The third kappa shape index (κ3) is 5.60. The van der Waals surface area contributed by atoms with Crippen LogP contribution in [0.2, 0.25) is 0 Å². The standard InChI is InChI=1S/C20H30N2O5/c1-20(2,3)27-19(25)22-12-6-7-16(22)18(24)21(4)13-17(23)14-8-10-15(26-5)11-9-14/h8-11,16-17,23H,6-7,12-13H2,1-5H3. The molecule has 1 saturated heterocycles. The van der Waals surface area contributed by atoms with Gasteiger partial charge in [-0.3, -0.25) is 9.69 Å². The van der Waals surface area contributed by atoms with E-state index in [2.05, 4.69) is 0 Å². The summed E-state index contributed by atoms with van der Waals surface area (Å²) in [6.45, 7) is 6.05. The summed E-state index contributed by atoms with van der Waals surface area (Å²) in [6.07, 6.45) is 0.0645. The van der Waals surface area contributed by atoms with Crippen molar-refractivity contribution in [1.82, 2.24) is 9.80 Å². The summed E-state index contributed by atoms with van der Waals surface area (Å²) in [5, 5.41) is 10.4. The highest BCUT2D eigenvalue weighted by molar-refractivity contribution is 5.86. The van der Waals surface area contributed by atoms with Crippen LogP contribution in [0.4, 0.5) is 4.79 Å². The van der Waals surface area contributed by atoms with Crippen molar-refractivity contribution in [1.29, 1.82) is 0 Å². The van der Waals surface area contributed by atoms with Crippen molar-refractivity contribution in [3.05, 3.63) is 29.8 Å². The average molecular weight is 378 g/mol. The van der Waals surface area contributed by atoms with E-state index in [-0.39, 0.29) is 12.5 Å². The molecule has 7 nitrogen and oxygen atoms in total. The second-order valence-electron chi connectivity index (χ2n) is 7.84. The van der Waals surface area contributed by atoms with E-state index in [4.69, 9.17) is 9.47 Å². The molecule has 2 amide bonds. The van der Waals surface area contributed by atoms with Crippen LogP contribution in [-0.4, -0.2) is 65.8 Å². The van der Waals surface area contributed by atoms with E-state index in [9.17, 15) is 14.7 Å². The maximum Gasteiger partial charge on any atom is 0.410 e. The lowest BCUT2D eigenvalue weighted by atomic mass is 10.1. The molecule has 0 aromatic heterocycles. The van der Waals surface area contributed by atoms with Gasteiger partial charge in [0.1, 0.15) is 17.4 Å². The van der Waals surface area contributed by atoms with Crippen LogP contribution in [-0.2, 0) is 9.53 Å². The van der Waals surface area contributed by atoms with Gasteiger partial charge in [0.2, 0.25) is 5.91 Å². The molecule has 7 heteroatoms. The fourth-order valence-electron chi connectivity index (χ4n) is 3.10. The van der Waals surface area contributed by atoms with Crippen LogP contribution in [0.3, 0.4) is 0 Å². The summed E-state index contributed by atoms with van der Waals surface area (Å²) >= 11 is 0. The van der Waals surface area contributed by atoms with Gasteiger partial charge in [-0.2, -0.15) is 0 Å². The fourth-order valence-corrected chi connectivity index (χ4v) is 3.10. The molecule has 27 heavy (non-hydrogen) atoms. The Hall–Kier alpha value is -2.28. The van der Waals surface area contributed by atoms with Gasteiger partial charge in [0.15, 0.2) is 0 Å². The number of methoxy groups -OCH3 is 1. The molecule has 0 saturated carbocycles. The van der Waals surface area contributed by atoms with Crippen molar-refractivity contribution in [2.75, 3.05) is 27.2 Å². The summed E-state index contributed by atoms with van der Waals surface area (Å²) in [7, 11) is 3.22. The molecular weight excluding hydrogens is 348 g/mol. The monoisotopic (exact) mass is 378 g/mol. The molecule has 1 aromatic rings. The van der Waals surface area contributed by atoms with Crippen molar-refractivity contribution in [3.8, 4) is 5.75 Å². The summed E-state index contributed by atoms with van der Waals surface area (Å²) in [5.74, 6) is 0.514. The van der Waals surface area contributed by atoms with Crippen LogP contribution in [0.1, 0.15) is 45.3 Å². The Balaban J connectivity index is 1.99. The quantitative estimate of drug-likeness (QED) is 0.852. The third-order valence-electron chi connectivity index (χ3n) is 4.49. The summed E-state index contributed by atoms with van der Waals surface area (Å²) < 4.78 is 10.5. The highest BCUT2D eigenvalue weighted by Gasteiger charge is 2.38. The van der Waals surface area contributed by atoms with Crippen molar-refractivity contribution >= 4 is 12.0 Å². The van der Waals surface area contributed by atoms with E-state index in [0.29, 0.717) is 24.3 Å². The normalized spacial score (nSPS) is 18.1. The van der Waals surface area contributed by atoms with Gasteiger partial charge in [-0.25, -0.2) is 4.79 Å². The lowest BCUT2D eigenvalue weighted by Crippen LogP contribution is -2.48. The van der Waals surface area contributed by atoms with Crippen LogP contribution in [0, 0.1) is 0 Å². The van der Waals surface area contributed by atoms with Crippen LogP contribution in [0.25, 0.3) is 0 Å². The van der Waals surface area contributed by atoms with Gasteiger partial charge in [0.05, 0.1) is 19.8 Å². The van der Waals surface area contributed by atoms with Gasteiger partial charge < -0.3 is 19.5 Å². The number of ether oxygens (including phenoxy) is 2. The number of hydrogen-bond acceptors (Lipinski definition) is 5. The number of hydrogen-bond donors (Lipinski definition) is 1. The van der Waals surface area contributed by atoms with E-state index < -0.39 is 23.8 Å². The van der Waals surface area contributed by atoms with Crippen LogP contribution < -0.4 is 4.74 Å². The molecule has 1 aromatic carbocycles. The summed E-state index contributed by atoms with van der Waals surface area (Å²) in [6, 6.07) is 6.52. The summed E-state index contributed by atoms with van der Waals surface area (Å²) in [5.41, 5.74) is 0.0925. The topological polar surface area (TPSA) is 79.3 Å². The van der Waals surface area contributed by atoms with Gasteiger partial charge in [-0.15, -0.1) is 0 Å². The number of carbonyl (C=O) groups is 2. The largest absolute Gasteiger partial charge is 0.497 e. The molecule has 150 valence electrons. The molecule has 1 N–H and O–H groups in total. The SMILES string of the molecule is COc1ccc(C(O)CN(C)C(=O)C2CCCN2C(=O)OC(C)(C)C)cc1. The van der Waals surface area contributed by atoms with Crippen molar-refractivity contribution in [3.63, 3.8) is 0 Å². The average Bonchev–Trinajstić information content (AvgIpc) is 3.09. The van der Waals surface area contributed by atoms with Gasteiger partial charge >= 0.3 is 6.09 Å². The zero-order chi connectivity index (χ0) is 20.2. The fraction of sp³-hybridized carbons (Fsp3) is 0.600. The highest BCUT2D eigenvalue weighted by Crippen LogP contribution is 2.24. The predicted molar refractivity (Wildman–Crippen MR) is 102 cm³/mol. The number of benzene rings is 1. The van der Waals surface area contributed by atoms with E-state index in [1.54, 1.807) is 59.2 Å². The smallest absolute Gasteiger partial charge is 0.410 e. The second-order valence-corrected chi connectivity index (χ2v) is 7.84. The first-order valence-electron chi connectivity index (χ1n) is 9.19. The first-order valence-corrected chi connectivity index (χ1v) is 9.19. The second kappa shape index (κ2) is 8.61. The van der Waals surface area contributed by atoms with Gasteiger partial charge in [-0.1, -0.05) is 12.1 Å². The Kier molecular flexibility index (Phi) is 6.70. The Morgan fingerprint density at radius 3 is 2.48 bits per heavy atom. The molecule has 0 aliphatic carbocycles. The zero-order valence-electron chi connectivity index (χ0n) is 16.8. The minimum absolute atomic E-state index is 0.143. The maximum absolute atomic E-state index is 12.8. The Labute approximate surface area is 160 Å². The molecular formula is C20H30N2O5. The van der Waals surface area contributed by atoms with Crippen molar-refractivity contribution in [2.45, 2.75) is 51.4 Å². The lowest BCUT2D eigenvalue weighted by molar-refractivity contribution is -0.135. The van der Waals surface area contributed by atoms with E-state index in [1.165, 1.54) is 9.80 Å². The van der Waals surface area contributed by atoms with Crippen LogP contribution >= 0.6 is 0 Å². The van der Waals surface area contributed by atoms with E-state index >= 15 is 0 Å². The number of amides is 2. The molecule has 1 heterocycles. The number of rotatable bonds is 5. The number of carbonyl (C=O) groups excluding carboxylic acids is 2. The predicted octanol–water partition coefficient (Wildman–Crippen LogP) is 2.59. The first-order chi connectivity index (χ1) is 12.6. The summed E-state index contributed by atoms with van der Waals surface area (Å²) in [4.78, 5) is 28.2. The molecule has 1 aliphatic heterocycles. The highest BCUT2D eigenvalue weighted by atomic mass is 16.6. The number of likely N-dealkylation sites (N-methyl/N-ethyl adjacent to an activating group) is 1. The van der Waals surface area contributed by atoms with Gasteiger partial charge in [-0.05, 0) is 51.3 Å². The van der Waals surface area contributed by atoms with Crippen molar-refractivity contribution in [2.24, 2.45) is 0 Å². The third-order valence-corrected chi connectivity index (χ3v) is 4.49. The number of aliphatic hydroxyl groups excluding tert-OH is 1. The van der Waals surface area contributed by atoms with Crippen LogP contribution in [0.5, 0.6) is 5.75 Å². The zero-order valence-corrected chi connectivity index (χ0v) is 16.8. The minimum atomic E-state index is -0.818. The Morgan fingerprint density at radius 1 is 1.30 bits per heavy atom. The van der Waals surface area contributed by atoms with Crippen LogP contribution in [0.15, 0.2) is 24.3 Å². The van der Waals surface area contributed by atoms with E-state index in [1.807, 2.05) is 0 Å². The molecule has 2 unspecified atom stereocenters. The minimum Gasteiger partial charge on any atom is -0.497 e. The molecule has 1 aliphatic rings.